The molecule has 0 radical (unpaired) electrons. The molecule has 16 heavy (non-hydrogen) atoms. The molecule has 1 saturated heterocycles. The Kier molecular flexibility index (Phi) is 4.13. The van der Waals surface area contributed by atoms with E-state index in [-0.39, 0.29) is 0 Å². The molecule has 1 aromatic heterocycles. The first-order valence-corrected chi connectivity index (χ1v) is 5.70. The molecule has 0 N–H and O–H groups in total. The quantitative estimate of drug-likeness (QED) is 0.764. The van der Waals surface area contributed by atoms with Gasteiger partial charge in [0.15, 0.2) is 0 Å². The van der Waals surface area contributed by atoms with Crippen molar-refractivity contribution in [3.8, 4) is 5.88 Å². The summed E-state index contributed by atoms with van der Waals surface area (Å²) >= 11 is 0. The summed E-state index contributed by atoms with van der Waals surface area (Å²) in [4.78, 5) is 6.54. The molecule has 0 amide bonds. The van der Waals surface area contributed by atoms with Gasteiger partial charge in [0.05, 0.1) is 13.2 Å². The van der Waals surface area contributed by atoms with Crippen LogP contribution in [0.5, 0.6) is 5.88 Å². The Morgan fingerprint density at radius 2 is 2.19 bits per heavy atom. The lowest BCUT2D eigenvalue weighted by molar-refractivity contribution is 0.0320. The molecule has 0 saturated carbocycles. The van der Waals surface area contributed by atoms with E-state index in [1.54, 1.807) is 0 Å². The van der Waals surface area contributed by atoms with Crippen LogP contribution in [0.4, 0.5) is 0 Å². The monoisotopic (exact) mass is 222 g/mol. The highest BCUT2D eigenvalue weighted by Crippen LogP contribution is 2.06. The minimum absolute atomic E-state index is 0.691. The molecule has 0 unspecified atom stereocenters. The molecular formula is C12H18N2O2. The zero-order valence-corrected chi connectivity index (χ0v) is 9.69. The van der Waals surface area contributed by atoms with Crippen LogP contribution in [0.1, 0.15) is 5.56 Å². The Balaban J connectivity index is 1.69. The number of aryl methyl sites for hydroxylation is 1. The van der Waals surface area contributed by atoms with E-state index in [9.17, 15) is 0 Å². The van der Waals surface area contributed by atoms with Crippen LogP contribution in [0.15, 0.2) is 18.3 Å². The molecule has 0 bridgehead atoms. The maximum absolute atomic E-state index is 5.57. The van der Waals surface area contributed by atoms with Gasteiger partial charge in [-0.15, -0.1) is 0 Å². The zero-order chi connectivity index (χ0) is 11.2. The van der Waals surface area contributed by atoms with E-state index >= 15 is 0 Å². The van der Waals surface area contributed by atoms with Crippen LogP contribution in [0, 0.1) is 6.92 Å². The molecule has 2 heterocycles. The topological polar surface area (TPSA) is 34.6 Å². The number of ether oxygens (including phenoxy) is 2. The summed E-state index contributed by atoms with van der Waals surface area (Å²) < 4.78 is 10.9. The van der Waals surface area contributed by atoms with Gasteiger partial charge >= 0.3 is 0 Å². The van der Waals surface area contributed by atoms with Gasteiger partial charge in [0, 0.05) is 31.9 Å². The second kappa shape index (κ2) is 5.82. The number of nitrogens with zero attached hydrogens (tertiary/aromatic N) is 2. The zero-order valence-electron chi connectivity index (χ0n) is 9.69. The number of morpholine rings is 1. The minimum atomic E-state index is 0.691. The Bertz CT molecular complexity index is 307. The Labute approximate surface area is 96.2 Å². The highest BCUT2D eigenvalue weighted by atomic mass is 16.5. The molecule has 0 aliphatic carbocycles. The largest absolute Gasteiger partial charge is 0.476 e. The van der Waals surface area contributed by atoms with Gasteiger partial charge in [0.2, 0.25) is 5.88 Å². The standard InChI is InChI=1S/C12H18N2O2/c1-11-2-3-12(13-10-11)16-9-6-14-4-7-15-8-5-14/h2-3,10H,4-9H2,1H3. The number of rotatable bonds is 4. The van der Waals surface area contributed by atoms with E-state index in [2.05, 4.69) is 9.88 Å². The van der Waals surface area contributed by atoms with Gasteiger partial charge in [0.1, 0.15) is 6.61 Å². The van der Waals surface area contributed by atoms with E-state index in [0.717, 1.165) is 38.4 Å². The van der Waals surface area contributed by atoms with Crippen molar-refractivity contribution in [2.75, 3.05) is 39.5 Å². The number of hydrogen-bond donors (Lipinski definition) is 0. The molecule has 4 nitrogen and oxygen atoms in total. The third kappa shape index (κ3) is 3.47. The summed E-state index contributed by atoms with van der Waals surface area (Å²) in [5.74, 6) is 0.707. The molecule has 1 aliphatic heterocycles. The van der Waals surface area contributed by atoms with Crippen molar-refractivity contribution in [2.24, 2.45) is 0 Å². The molecule has 0 aromatic carbocycles. The average Bonchev–Trinajstić information content (AvgIpc) is 2.33. The average molecular weight is 222 g/mol. The van der Waals surface area contributed by atoms with Crippen molar-refractivity contribution in [3.05, 3.63) is 23.9 Å². The summed E-state index contributed by atoms with van der Waals surface area (Å²) in [6.45, 7) is 7.33. The van der Waals surface area contributed by atoms with Crippen LogP contribution in [0.3, 0.4) is 0 Å². The van der Waals surface area contributed by atoms with Crippen LogP contribution < -0.4 is 4.74 Å². The van der Waals surface area contributed by atoms with Crippen LogP contribution in [-0.4, -0.2) is 49.3 Å². The fourth-order valence-corrected chi connectivity index (χ4v) is 1.64. The summed E-state index contributed by atoms with van der Waals surface area (Å²) in [7, 11) is 0. The summed E-state index contributed by atoms with van der Waals surface area (Å²) in [5.41, 5.74) is 1.15. The van der Waals surface area contributed by atoms with Crippen molar-refractivity contribution in [1.29, 1.82) is 0 Å². The number of hydrogen-bond acceptors (Lipinski definition) is 4. The first kappa shape index (κ1) is 11.4. The second-order valence-corrected chi connectivity index (χ2v) is 3.98. The van der Waals surface area contributed by atoms with Crippen LogP contribution >= 0.6 is 0 Å². The predicted molar refractivity (Wildman–Crippen MR) is 61.7 cm³/mol. The van der Waals surface area contributed by atoms with E-state index < -0.39 is 0 Å². The first-order chi connectivity index (χ1) is 7.84. The summed E-state index contributed by atoms with van der Waals surface area (Å²) in [6.07, 6.45) is 1.82. The highest BCUT2D eigenvalue weighted by Gasteiger charge is 2.09. The van der Waals surface area contributed by atoms with E-state index in [1.807, 2.05) is 25.3 Å². The lowest BCUT2D eigenvalue weighted by Gasteiger charge is -2.26. The Morgan fingerprint density at radius 3 is 2.88 bits per heavy atom. The third-order valence-electron chi connectivity index (χ3n) is 2.65. The fourth-order valence-electron chi connectivity index (χ4n) is 1.64. The smallest absolute Gasteiger partial charge is 0.213 e. The van der Waals surface area contributed by atoms with Crippen molar-refractivity contribution >= 4 is 0 Å². The van der Waals surface area contributed by atoms with Gasteiger partial charge in [-0.3, -0.25) is 4.90 Å². The van der Waals surface area contributed by atoms with Gasteiger partial charge in [-0.25, -0.2) is 4.98 Å². The van der Waals surface area contributed by atoms with E-state index in [1.165, 1.54) is 0 Å². The van der Waals surface area contributed by atoms with Crippen molar-refractivity contribution in [3.63, 3.8) is 0 Å². The minimum Gasteiger partial charge on any atom is -0.476 e. The first-order valence-electron chi connectivity index (χ1n) is 5.70. The molecule has 0 spiro atoms. The molecule has 88 valence electrons. The number of aromatic nitrogens is 1. The Morgan fingerprint density at radius 1 is 1.38 bits per heavy atom. The van der Waals surface area contributed by atoms with Gasteiger partial charge in [-0.05, 0) is 12.5 Å². The van der Waals surface area contributed by atoms with Gasteiger partial charge in [0.25, 0.3) is 0 Å². The van der Waals surface area contributed by atoms with Gasteiger partial charge in [-0.1, -0.05) is 6.07 Å². The van der Waals surface area contributed by atoms with Gasteiger partial charge in [-0.2, -0.15) is 0 Å². The number of pyridine rings is 1. The maximum Gasteiger partial charge on any atom is 0.213 e. The van der Waals surface area contributed by atoms with Crippen molar-refractivity contribution < 1.29 is 9.47 Å². The van der Waals surface area contributed by atoms with Crippen LogP contribution in [0.2, 0.25) is 0 Å². The normalized spacial score (nSPS) is 17.3. The molecule has 0 atom stereocenters. The highest BCUT2D eigenvalue weighted by molar-refractivity contribution is 5.16. The molecule has 1 aliphatic rings. The molecule has 4 heteroatoms. The van der Waals surface area contributed by atoms with Crippen molar-refractivity contribution in [2.45, 2.75) is 6.92 Å². The maximum atomic E-state index is 5.57. The van der Waals surface area contributed by atoms with Crippen LogP contribution in [0.25, 0.3) is 0 Å². The molecular weight excluding hydrogens is 204 g/mol. The van der Waals surface area contributed by atoms with Crippen molar-refractivity contribution in [1.82, 2.24) is 9.88 Å². The molecule has 1 fully saturated rings. The molecule has 1 aromatic rings. The third-order valence-corrected chi connectivity index (χ3v) is 2.65. The Hall–Kier alpha value is -1.13. The van der Waals surface area contributed by atoms with Crippen LogP contribution in [-0.2, 0) is 4.74 Å². The van der Waals surface area contributed by atoms with E-state index in [0.29, 0.717) is 12.5 Å². The fraction of sp³-hybridized carbons (Fsp3) is 0.583. The lowest BCUT2D eigenvalue weighted by Crippen LogP contribution is -2.38. The SMILES string of the molecule is Cc1ccc(OCCN2CCOCC2)nc1. The summed E-state index contributed by atoms with van der Waals surface area (Å²) in [6, 6.07) is 3.92. The van der Waals surface area contributed by atoms with E-state index in [4.69, 9.17) is 9.47 Å². The second-order valence-electron chi connectivity index (χ2n) is 3.98. The predicted octanol–water partition coefficient (Wildman–Crippen LogP) is 1.10. The molecule has 2 rings (SSSR count). The summed E-state index contributed by atoms with van der Waals surface area (Å²) in [5, 5.41) is 0. The lowest BCUT2D eigenvalue weighted by atomic mass is 10.3. The van der Waals surface area contributed by atoms with Gasteiger partial charge < -0.3 is 9.47 Å².